The van der Waals surface area contributed by atoms with Crippen molar-refractivity contribution >= 4 is 5.91 Å². The maximum Gasteiger partial charge on any atom is 0.225 e. The molecule has 2 N–H and O–H groups in total. The number of hydrogen-bond donors (Lipinski definition) is 2. The molecule has 0 radical (unpaired) electrons. The van der Waals surface area contributed by atoms with Crippen molar-refractivity contribution in [3.63, 3.8) is 0 Å². The van der Waals surface area contributed by atoms with E-state index >= 15 is 0 Å². The molecule has 3 unspecified atom stereocenters. The number of rotatable bonds is 3. The molecule has 16 heavy (non-hydrogen) atoms. The molecule has 1 aromatic heterocycles. The van der Waals surface area contributed by atoms with Crippen molar-refractivity contribution in [2.24, 2.45) is 11.8 Å². The molecule has 1 aromatic rings. The Labute approximate surface area is 95.4 Å². The third-order valence-electron chi connectivity index (χ3n) is 3.18. The summed E-state index contributed by atoms with van der Waals surface area (Å²) in [5.41, 5.74) is 0. The standard InChI is InChI=1S/C12H18N2O2/c1-8-6-13-7-10(8)12(15)14-9(2)11-4-3-5-16-11/h3-5,8-10,13H,6-7H2,1-2H3,(H,14,15). The van der Waals surface area contributed by atoms with Crippen LogP contribution in [-0.4, -0.2) is 19.0 Å². The molecule has 4 nitrogen and oxygen atoms in total. The Morgan fingerprint density at radius 2 is 2.44 bits per heavy atom. The van der Waals surface area contributed by atoms with E-state index in [0.717, 1.165) is 18.8 Å². The Hall–Kier alpha value is -1.29. The van der Waals surface area contributed by atoms with E-state index in [4.69, 9.17) is 4.42 Å². The summed E-state index contributed by atoms with van der Waals surface area (Å²) in [4.78, 5) is 12.0. The van der Waals surface area contributed by atoms with Crippen LogP contribution in [0.1, 0.15) is 25.6 Å². The van der Waals surface area contributed by atoms with Crippen molar-refractivity contribution in [2.45, 2.75) is 19.9 Å². The first kappa shape index (κ1) is 11.2. The van der Waals surface area contributed by atoms with Crippen LogP contribution in [0.2, 0.25) is 0 Å². The van der Waals surface area contributed by atoms with Gasteiger partial charge in [-0.3, -0.25) is 4.79 Å². The third kappa shape index (κ3) is 2.27. The molecule has 1 saturated heterocycles. The molecule has 4 heteroatoms. The molecule has 0 aliphatic carbocycles. The number of hydrogen-bond acceptors (Lipinski definition) is 3. The zero-order valence-corrected chi connectivity index (χ0v) is 9.69. The first-order valence-electron chi connectivity index (χ1n) is 5.73. The van der Waals surface area contributed by atoms with Crippen LogP contribution in [0.15, 0.2) is 22.8 Å². The number of furan rings is 1. The molecule has 0 saturated carbocycles. The number of carbonyl (C=O) groups excluding carboxylic acids is 1. The molecule has 0 spiro atoms. The van der Waals surface area contributed by atoms with Gasteiger partial charge in [0.1, 0.15) is 5.76 Å². The van der Waals surface area contributed by atoms with Crippen LogP contribution in [0.4, 0.5) is 0 Å². The lowest BCUT2D eigenvalue weighted by Crippen LogP contribution is -2.35. The van der Waals surface area contributed by atoms with E-state index in [-0.39, 0.29) is 17.9 Å². The molecule has 0 aromatic carbocycles. The van der Waals surface area contributed by atoms with Crippen LogP contribution >= 0.6 is 0 Å². The lowest BCUT2D eigenvalue weighted by atomic mass is 9.97. The first-order valence-corrected chi connectivity index (χ1v) is 5.73. The SMILES string of the molecule is CC(NC(=O)C1CNCC1C)c1ccco1. The number of nitrogens with one attached hydrogen (secondary N) is 2. The third-order valence-corrected chi connectivity index (χ3v) is 3.18. The summed E-state index contributed by atoms with van der Waals surface area (Å²) in [7, 11) is 0. The van der Waals surface area contributed by atoms with Gasteiger partial charge in [0.2, 0.25) is 5.91 Å². The molecule has 3 atom stereocenters. The highest BCUT2D eigenvalue weighted by Gasteiger charge is 2.30. The van der Waals surface area contributed by atoms with E-state index in [0.29, 0.717) is 5.92 Å². The topological polar surface area (TPSA) is 54.3 Å². The van der Waals surface area contributed by atoms with Gasteiger partial charge >= 0.3 is 0 Å². The van der Waals surface area contributed by atoms with Crippen LogP contribution in [-0.2, 0) is 4.79 Å². The molecule has 88 valence electrons. The summed E-state index contributed by atoms with van der Waals surface area (Å²) in [5, 5.41) is 6.21. The van der Waals surface area contributed by atoms with Gasteiger partial charge in [0.25, 0.3) is 0 Å². The van der Waals surface area contributed by atoms with Gasteiger partial charge in [0, 0.05) is 6.54 Å². The van der Waals surface area contributed by atoms with Gasteiger partial charge in [-0.2, -0.15) is 0 Å². The fourth-order valence-electron chi connectivity index (χ4n) is 2.09. The van der Waals surface area contributed by atoms with Crippen molar-refractivity contribution in [1.82, 2.24) is 10.6 Å². The lowest BCUT2D eigenvalue weighted by Gasteiger charge is -2.17. The van der Waals surface area contributed by atoms with Gasteiger partial charge in [-0.25, -0.2) is 0 Å². The van der Waals surface area contributed by atoms with Gasteiger partial charge in [-0.05, 0) is 31.5 Å². The average molecular weight is 222 g/mol. The predicted octanol–water partition coefficient (Wildman–Crippen LogP) is 1.31. The molecular weight excluding hydrogens is 204 g/mol. The maximum atomic E-state index is 12.0. The summed E-state index contributed by atoms with van der Waals surface area (Å²) < 4.78 is 5.26. The van der Waals surface area contributed by atoms with Crippen molar-refractivity contribution < 1.29 is 9.21 Å². The maximum absolute atomic E-state index is 12.0. The monoisotopic (exact) mass is 222 g/mol. The largest absolute Gasteiger partial charge is 0.467 e. The van der Waals surface area contributed by atoms with Gasteiger partial charge in [0.15, 0.2) is 0 Å². The quantitative estimate of drug-likeness (QED) is 0.810. The van der Waals surface area contributed by atoms with E-state index in [9.17, 15) is 4.79 Å². The molecule has 1 aliphatic rings. The number of amides is 1. The summed E-state index contributed by atoms with van der Waals surface area (Å²) in [6.45, 7) is 5.73. The molecule has 2 heterocycles. The minimum Gasteiger partial charge on any atom is -0.467 e. The highest BCUT2D eigenvalue weighted by atomic mass is 16.3. The van der Waals surface area contributed by atoms with Gasteiger partial charge in [-0.15, -0.1) is 0 Å². The minimum absolute atomic E-state index is 0.0599. The zero-order chi connectivity index (χ0) is 11.5. The molecule has 2 rings (SSSR count). The summed E-state index contributed by atoms with van der Waals surface area (Å²) in [5.74, 6) is 1.40. The highest BCUT2D eigenvalue weighted by molar-refractivity contribution is 5.79. The average Bonchev–Trinajstić information content (AvgIpc) is 2.86. The summed E-state index contributed by atoms with van der Waals surface area (Å²) in [6, 6.07) is 3.65. The Morgan fingerprint density at radius 3 is 3.00 bits per heavy atom. The van der Waals surface area contributed by atoms with E-state index in [1.165, 1.54) is 0 Å². The smallest absolute Gasteiger partial charge is 0.225 e. The zero-order valence-electron chi connectivity index (χ0n) is 9.69. The van der Waals surface area contributed by atoms with Crippen LogP contribution in [0.25, 0.3) is 0 Å². The fourth-order valence-corrected chi connectivity index (χ4v) is 2.09. The van der Waals surface area contributed by atoms with Crippen LogP contribution < -0.4 is 10.6 Å². The Balaban J connectivity index is 1.92. The molecular formula is C12H18N2O2. The van der Waals surface area contributed by atoms with Gasteiger partial charge in [-0.1, -0.05) is 6.92 Å². The van der Waals surface area contributed by atoms with Crippen LogP contribution in [0.5, 0.6) is 0 Å². The van der Waals surface area contributed by atoms with Gasteiger partial charge in [0.05, 0.1) is 18.2 Å². The van der Waals surface area contributed by atoms with Crippen molar-refractivity contribution in [1.29, 1.82) is 0 Å². The lowest BCUT2D eigenvalue weighted by molar-refractivity contribution is -0.126. The molecule has 1 fully saturated rings. The highest BCUT2D eigenvalue weighted by Crippen LogP contribution is 2.18. The van der Waals surface area contributed by atoms with E-state index in [2.05, 4.69) is 17.6 Å². The van der Waals surface area contributed by atoms with Crippen molar-refractivity contribution in [3.8, 4) is 0 Å². The Morgan fingerprint density at radius 1 is 1.62 bits per heavy atom. The second-order valence-corrected chi connectivity index (χ2v) is 4.49. The van der Waals surface area contributed by atoms with Crippen LogP contribution in [0, 0.1) is 11.8 Å². The first-order chi connectivity index (χ1) is 7.68. The number of carbonyl (C=O) groups is 1. The Bertz CT molecular complexity index is 348. The normalized spacial score (nSPS) is 26.6. The van der Waals surface area contributed by atoms with E-state index in [1.54, 1.807) is 6.26 Å². The van der Waals surface area contributed by atoms with Crippen molar-refractivity contribution in [2.75, 3.05) is 13.1 Å². The van der Waals surface area contributed by atoms with E-state index in [1.807, 2.05) is 19.1 Å². The molecule has 1 aliphatic heterocycles. The molecule has 0 bridgehead atoms. The molecule has 1 amide bonds. The minimum atomic E-state index is -0.0599. The summed E-state index contributed by atoms with van der Waals surface area (Å²) in [6.07, 6.45) is 1.62. The Kier molecular flexibility index (Phi) is 3.29. The van der Waals surface area contributed by atoms with Gasteiger partial charge < -0.3 is 15.1 Å². The second-order valence-electron chi connectivity index (χ2n) is 4.49. The second kappa shape index (κ2) is 4.70. The fraction of sp³-hybridized carbons (Fsp3) is 0.583. The van der Waals surface area contributed by atoms with Crippen LogP contribution in [0.3, 0.4) is 0 Å². The van der Waals surface area contributed by atoms with E-state index < -0.39 is 0 Å². The summed E-state index contributed by atoms with van der Waals surface area (Å²) >= 11 is 0. The van der Waals surface area contributed by atoms with Crippen molar-refractivity contribution in [3.05, 3.63) is 24.2 Å². The predicted molar refractivity (Wildman–Crippen MR) is 60.8 cm³/mol.